The minimum Gasteiger partial charge on any atom is -0.311 e. The van der Waals surface area contributed by atoms with Crippen LogP contribution in [0.2, 0.25) is 0 Å². The summed E-state index contributed by atoms with van der Waals surface area (Å²) >= 11 is 0. The summed E-state index contributed by atoms with van der Waals surface area (Å²) in [5.74, 6) is 0. The molecule has 1 saturated carbocycles. The van der Waals surface area contributed by atoms with Crippen molar-refractivity contribution in [3.8, 4) is 0 Å². The van der Waals surface area contributed by atoms with Gasteiger partial charge < -0.3 is 5.32 Å². The Balaban J connectivity index is 1.97. The van der Waals surface area contributed by atoms with Gasteiger partial charge in [0.15, 0.2) is 0 Å². The molecule has 2 fully saturated rings. The second kappa shape index (κ2) is 2.73. The summed E-state index contributed by atoms with van der Waals surface area (Å²) < 4.78 is 0. The highest BCUT2D eigenvalue weighted by molar-refractivity contribution is 4.98. The zero-order chi connectivity index (χ0) is 8.66. The lowest BCUT2D eigenvalue weighted by atomic mass is 9.69. The third kappa shape index (κ3) is 1.52. The summed E-state index contributed by atoms with van der Waals surface area (Å²) in [5, 5.41) is 3.71. The molecular weight excluding hydrogens is 146 g/mol. The third-order valence-corrected chi connectivity index (χ3v) is 3.89. The highest BCUT2D eigenvalue weighted by Crippen LogP contribution is 2.43. The predicted octanol–water partition coefficient (Wildman–Crippen LogP) is 2.71. The first-order valence-corrected chi connectivity index (χ1v) is 5.37. The number of rotatable bonds is 0. The lowest BCUT2D eigenvalue weighted by Crippen LogP contribution is -2.44. The SMILES string of the molecule is CC1(C)CCC2(CCCN2)CC1. The van der Waals surface area contributed by atoms with Gasteiger partial charge in [-0.3, -0.25) is 0 Å². The number of hydrogen-bond acceptors (Lipinski definition) is 1. The van der Waals surface area contributed by atoms with Crippen molar-refractivity contribution in [2.75, 3.05) is 6.54 Å². The molecule has 0 aromatic carbocycles. The van der Waals surface area contributed by atoms with Crippen LogP contribution in [0.3, 0.4) is 0 Å². The summed E-state index contributed by atoms with van der Waals surface area (Å²) in [6.45, 7) is 6.09. The standard InChI is InChI=1S/C11H21N/c1-10(2)5-7-11(8-6-10)4-3-9-12-11/h12H,3-9H2,1-2H3. The normalized spacial score (nSPS) is 32.5. The topological polar surface area (TPSA) is 12.0 Å². The fourth-order valence-corrected chi connectivity index (χ4v) is 2.70. The second-order valence-electron chi connectivity index (χ2n) is 5.47. The molecule has 1 aliphatic heterocycles. The van der Waals surface area contributed by atoms with Gasteiger partial charge >= 0.3 is 0 Å². The van der Waals surface area contributed by atoms with Crippen molar-refractivity contribution in [1.82, 2.24) is 5.32 Å². The lowest BCUT2D eigenvalue weighted by Gasteiger charge is -2.41. The van der Waals surface area contributed by atoms with Crippen molar-refractivity contribution in [1.29, 1.82) is 0 Å². The molecule has 0 unspecified atom stereocenters. The lowest BCUT2D eigenvalue weighted by molar-refractivity contribution is 0.150. The first-order valence-electron chi connectivity index (χ1n) is 5.37. The summed E-state index contributed by atoms with van der Waals surface area (Å²) in [6, 6.07) is 0. The molecule has 1 heteroatoms. The molecule has 70 valence electrons. The Morgan fingerprint density at radius 2 is 1.58 bits per heavy atom. The van der Waals surface area contributed by atoms with E-state index in [0.717, 1.165) is 0 Å². The maximum atomic E-state index is 3.71. The van der Waals surface area contributed by atoms with E-state index in [4.69, 9.17) is 0 Å². The molecule has 0 aromatic heterocycles. The van der Waals surface area contributed by atoms with Gasteiger partial charge in [-0.25, -0.2) is 0 Å². The van der Waals surface area contributed by atoms with E-state index < -0.39 is 0 Å². The summed E-state index contributed by atoms with van der Waals surface area (Å²) in [4.78, 5) is 0. The van der Waals surface area contributed by atoms with Gasteiger partial charge in [0, 0.05) is 5.54 Å². The van der Waals surface area contributed by atoms with E-state index >= 15 is 0 Å². The van der Waals surface area contributed by atoms with Gasteiger partial charge in [-0.15, -0.1) is 0 Å². The van der Waals surface area contributed by atoms with E-state index in [2.05, 4.69) is 19.2 Å². The Morgan fingerprint density at radius 3 is 2.08 bits per heavy atom. The number of hydrogen-bond donors (Lipinski definition) is 1. The monoisotopic (exact) mass is 167 g/mol. The molecule has 2 rings (SSSR count). The van der Waals surface area contributed by atoms with Crippen LogP contribution in [-0.2, 0) is 0 Å². The molecule has 1 aliphatic carbocycles. The highest BCUT2D eigenvalue weighted by atomic mass is 15.0. The zero-order valence-corrected chi connectivity index (χ0v) is 8.45. The van der Waals surface area contributed by atoms with Crippen LogP contribution in [0.15, 0.2) is 0 Å². The summed E-state index contributed by atoms with van der Waals surface area (Å²) in [5.41, 5.74) is 1.20. The maximum absolute atomic E-state index is 3.71. The Labute approximate surface area is 75.9 Å². The molecular formula is C11H21N. The molecule has 0 bridgehead atoms. The summed E-state index contributed by atoms with van der Waals surface area (Å²) in [6.07, 6.45) is 8.50. The quantitative estimate of drug-likeness (QED) is 0.585. The Hall–Kier alpha value is -0.0400. The van der Waals surface area contributed by atoms with Gasteiger partial charge in [0.1, 0.15) is 0 Å². The smallest absolute Gasteiger partial charge is 0.0182 e. The van der Waals surface area contributed by atoms with Crippen LogP contribution in [0.4, 0.5) is 0 Å². The highest BCUT2D eigenvalue weighted by Gasteiger charge is 2.39. The Morgan fingerprint density at radius 1 is 0.917 bits per heavy atom. The molecule has 0 aromatic rings. The predicted molar refractivity (Wildman–Crippen MR) is 52.2 cm³/mol. The molecule has 1 spiro atoms. The minimum atomic E-state index is 0.579. The largest absolute Gasteiger partial charge is 0.311 e. The van der Waals surface area contributed by atoms with Gasteiger partial charge in [0.25, 0.3) is 0 Å². The molecule has 1 heterocycles. The van der Waals surface area contributed by atoms with Crippen LogP contribution >= 0.6 is 0 Å². The van der Waals surface area contributed by atoms with Crippen molar-refractivity contribution < 1.29 is 0 Å². The van der Waals surface area contributed by atoms with Gasteiger partial charge in [-0.2, -0.15) is 0 Å². The van der Waals surface area contributed by atoms with Crippen LogP contribution in [0.5, 0.6) is 0 Å². The molecule has 0 atom stereocenters. The molecule has 0 amide bonds. The van der Waals surface area contributed by atoms with Crippen molar-refractivity contribution in [3.63, 3.8) is 0 Å². The Kier molecular flexibility index (Phi) is 1.95. The first kappa shape index (κ1) is 8.55. The van der Waals surface area contributed by atoms with Gasteiger partial charge in [-0.1, -0.05) is 13.8 Å². The molecule has 1 saturated heterocycles. The number of nitrogens with one attached hydrogen (secondary N) is 1. The molecule has 1 N–H and O–H groups in total. The second-order valence-corrected chi connectivity index (χ2v) is 5.47. The van der Waals surface area contributed by atoms with Crippen molar-refractivity contribution in [3.05, 3.63) is 0 Å². The van der Waals surface area contributed by atoms with Crippen LogP contribution in [0.25, 0.3) is 0 Å². The van der Waals surface area contributed by atoms with E-state index in [0.29, 0.717) is 11.0 Å². The van der Waals surface area contributed by atoms with Crippen molar-refractivity contribution in [2.45, 2.75) is 57.9 Å². The van der Waals surface area contributed by atoms with Crippen molar-refractivity contribution >= 4 is 0 Å². The van der Waals surface area contributed by atoms with E-state index in [1.807, 2.05) is 0 Å². The fourth-order valence-electron chi connectivity index (χ4n) is 2.70. The zero-order valence-electron chi connectivity index (χ0n) is 8.45. The summed E-state index contributed by atoms with van der Waals surface area (Å²) in [7, 11) is 0. The van der Waals surface area contributed by atoms with E-state index in [1.54, 1.807) is 0 Å². The molecule has 2 aliphatic rings. The van der Waals surface area contributed by atoms with Crippen LogP contribution in [0.1, 0.15) is 52.4 Å². The van der Waals surface area contributed by atoms with E-state index in [9.17, 15) is 0 Å². The Bertz CT molecular complexity index is 154. The van der Waals surface area contributed by atoms with Gasteiger partial charge in [-0.05, 0) is 50.5 Å². The third-order valence-electron chi connectivity index (χ3n) is 3.89. The van der Waals surface area contributed by atoms with Gasteiger partial charge in [0.2, 0.25) is 0 Å². The van der Waals surface area contributed by atoms with E-state index in [-0.39, 0.29) is 0 Å². The first-order chi connectivity index (χ1) is 5.62. The van der Waals surface area contributed by atoms with Crippen molar-refractivity contribution in [2.24, 2.45) is 5.41 Å². The average Bonchev–Trinajstić information content (AvgIpc) is 2.46. The van der Waals surface area contributed by atoms with E-state index in [1.165, 1.54) is 45.1 Å². The van der Waals surface area contributed by atoms with Crippen LogP contribution < -0.4 is 5.32 Å². The fraction of sp³-hybridized carbons (Fsp3) is 1.00. The maximum Gasteiger partial charge on any atom is 0.0182 e. The van der Waals surface area contributed by atoms with Gasteiger partial charge in [0.05, 0.1) is 0 Å². The minimum absolute atomic E-state index is 0.579. The molecule has 0 radical (unpaired) electrons. The molecule has 12 heavy (non-hydrogen) atoms. The molecule has 1 nitrogen and oxygen atoms in total. The van der Waals surface area contributed by atoms with Crippen LogP contribution in [0, 0.1) is 5.41 Å². The van der Waals surface area contributed by atoms with Crippen LogP contribution in [-0.4, -0.2) is 12.1 Å². The average molecular weight is 167 g/mol.